The molecule has 2 N–H and O–H groups in total. The lowest BCUT2D eigenvalue weighted by molar-refractivity contribution is -0.140. The summed E-state index contributed by atoms with van der Waals surface area (Å²) >= 11 is 0. The molecule has 0 bridgehead atoms. The van der Waals surface area contributed by atoms with Crippen LogP contribution in [0, 0.1) is 6.92 Å². The second-order valence-electron chi connectivity index (χ2n) is 11.2. The third-order valence-corrected chi connectivity index (χ3v) is 6.64. The Morgan fingerprint density at radius 2 is 1.46 bits per heavy atom. The Kier molecular flexibility index (Phi) is 11.5. The summed E-state index contributed by atoms with van der Waals surface area (Å²) in [5, 5.41) is 5.86. The highest BCUT2D eigenvalue weighted by Gasteiger charge is 2.36. The first-order chi connectivity index (χ1) is 19.6. The van der Waals surface area contributed by atoms with Crippen molar-refractivity contribution in [1.82, 2.24) is 10.2 Å². The lowest BCUT2D eigenvalue weighted by atomic mass is 9.99. The minimum Gasteiger partial charge on any atom is -0.444 e. The minimum atomic E-state index is -0.939. The van der Waals surface area contributed by atoms with Gasteiger partial charge in [-0.15, -0.1) is 0 Å². The van der Waals surface area contributed by atoms with Gasteiger partial charge < -0.3 is 20.3 Å². The number of nitrogens with one attached hydrogen (secondary N) is 2. The summed E-state index contributed by atoms with van der Waals surface area (Å²) in [6.45, 7) is 9.71. The average molecular weight is 558 g/mol. The number of amides is 3. The fourth-order valence-corrected chi connectivity index (χ4v) is 4.62. The number of unbranched alkanes of at least 4 members (excludes halogenated alkanes) is 2. The van der Waals surface area contributed by atoms with Gasteiger partial charge in [-0.2, -0.15) is 0 Å². The Labute approximate surface area is 244 Å². The molecule has 0 aliphatic heterocycles. The van der Waals surface area contributed by atoms with Gasteiger partial charge in [0.25, 0.3) is 5.91 Å². The highest BCUT2D eigenvalue weighted by atomic mass is 16.6. The van der Waals surface area contributed by atoms with E-state index in [1.165, 1.54) is 0 Å². The van der Waals surface area contributed by atoms with E-state index in [1.54, 1.807) is 25.7 Å². The highest BCUT2D eigenvalue weighted by molar-refractivity contribution is 5.99. The molecule has 2 unspecified atom stereocenters. The van der Waals surface area contributed by atoms with Crippen LogP contribution in [0.4, 0.5) is 10.5 Å². The van der Waals surface area contributed by atoms with Gasteiger partial charge in [0, 0.05) is 18.7 Å². The molecule has 3 aromatic rings. The first-order valence-electron chi connectivity index (χ1n) is 14.3. The Bertz CT molecular complexity index is 1270. The molecule has 7 nitrogen and oxygen atoms in total. The van der Waals surface area contributed by atoms with Gasteiger partial charge in [-0.05, 0) is 56.9 Å². The molecule has 0 aliphatic carbocycles. The first-order valence-corrected chi connectivity index (χ1v) is 14.3. The van der Waals surface area contributed by atoms with Crippen molar-refractivity contribution in [2.75, 3.05) is 11.9 Å². The Hall–Kier alpha value is -4.13. The van der Waals surface area contributed by atoms with Crippen molar-refractivity contribution < 1.29 is 19.1 Å². The number of rotatable bonds is 12. The van der Waals surface area contributed by atoms with Crippen LogP contribution in [-0.4, -0.2) is 41.0 Å². The van der Waals surface area contributed by atoms with E-state index in [0.717, 1.165) is 24.0 Å². The number of para-hydroxylation sites is 1. The van der Waals surface area contributed by atoms with Crippen molar-refractivity contribution in [2.24, 2.45) is 0 Å². The summed E-state index contributed by atoms with van der Waals surface area (Å²) in [4.78, 5) is 43.0. The van der Waals surface area contributed by atoms with Gasteiger partial charge in [0.1, 0.15) is 17.7 Å². The maximum absolute atomic E-state index is 14.5. The third kappa shape index (κ3) is 9.78. The Morgan fingerprint density at radius 1 is 0.854 bits per heavy atom. The number of anilines is 1. The number of ether oxygens (including phenoxy) is 1. The van der Waals surface area contributed by atoms with E-state index in [0.29, 0.717) is 24.2 Å². The minimum absolute atomic E-state index is 0.254. The summed E-state index contributed by atoms with van der Waals surface area (Å²) in [6, 6.07) is 24.5. The van der Waals surface area contributed by atoms with Crippen LogP contribution in [0.25, 0.3) is 0 Å². The van der Waals surface area contributed by atoms with E-state index in [-0.39, 0.29) is 18.2 Å². The van der Waals surface area contributed by atoms with Crippen molar-refractivity contribution in [1.29, 1.82) is 0 Å². The summed E-state index contributed by atoms with van der Waals surface area (Å²) < 4.78 is 5.52. The van der Waals surface area contributed by atoms with E-state index in [4.69, 9.17) is 4.74 Å². The lowest BCUT2D eigenvalue weighted by Crippen LogP contribution is -2.53. The zero-order chi connectivity index (χ0) is 29.8. The van der Waals surface area contributed by atoms with Gasteiger partial charge in [0.05, 0.1) is 0 Å². The fourth-order valence-electron chi connectivity index (χ4n) is 4.62. The van der Waals surface area contributed by atoms with E-state index >= 15 is 0 Å². The van der Waals surface area contributed by atoms with Crippen LogP contribution in [0.2, 0.25) is 0 Å². The molecule has 0 saturated heterocycles. The zero-order valence-electron chi connectivity index (χ0n) is 24.9. The van der Waals surface area contributed by atoms with Crippen LogP contribution >= 0.6 is 0 Å². The maximum atomic E-state index is 14.5. The van der Waals surface area contributed by atoms with Gasteiger partial charge in [-0.25, -0.2) is 4.79 Å². The lowest BCUT2D eigenvalue weighted by Gasteiger charge is -2.35. The van der Waals surface area contributed by atoms with E-state index in [9.17, 15) is 14.4 Å². The van der Waals surface area contributed by atoms with Crippen molar-refractivity contribution in [2.45, 2.75) is 78.0 Å². The molecule has 7 heteroatoms. The molecule has 0 fully saturated rings. The molecule has 2 atom stereocenters. The molecular weight excluding hydrogens is 514 g/mol. The molecule has 3 aromatic carbocycles. The zero-order valence-corrected chi connectivity index (χ0v) is 24.9. The van der Waals surface area contributed by atoms with Gasteiger partial charge in [0.2, 0.25) is 5.91 Å². The molecule has 0 spiro atoms. The summed E-state index contributed by atoms with van der Waals surface area (Å²) in [5.41, 5.74) is 2.46. The monoisotopic (exact) mass is 557 g/mol. The summed E-state index contributed by atoms with van der Waals surface area (Å²) in [7, 11) is 0. The van der Waals surface area contributed by atoms with Gasteiger partial charge in [-0.3, -0.25) is 9.59 Å². The Balaban J connectivity index is 2.03. The fraction of sp³-hybridized carbons (Fsp3) is 0.382. The molecule has 0 heterocycles. The van der Waals surface area contributed by atoms with Crippen LogP contribution in [0.3, 0.4) is 0 Å². The summed E-state index contributed by atoms with van der Waals surface area (Å²) in [5.74, 6) is -0.657. The number of carbonyl (C=O) groups excluding carboxylic acids is 3. The molecule has 218 valence electrons. The molecule has 0 radical (unpaired) electrons. The highest BCUT2D eigenvalue weighted by Crippen LogP contribution is 2.26. The van der Waals surface area contributed by atoms with Gasteiger partial charge in [-0.1, -0.05) is 98.6 Å². The molecular formula is C34H43N3O4. The second kappa shape index (κ2) is 15.0. The molecule has 3 rings (SSSR count). The van der Waals surface area contributed by atoms with Crippen molar-refractivity contribution in [3.63, 3.8) is 0 Å². The van der Waals surface area contributed by atoms with E-state index < -0.39 is 23.8 Å². The van der Waals surface area contributed by atoms with Crippen LogP contribution in [0.5, 0.6) is 0 Å². The number of hydrogen-bond acceptors (Lipinski definition) is 4. The van der Waals surface area contributed by atoms with E-state index in [1.807, 2.05) is 91.9 Å². The Morgan fingerprint density at radius 3 is 2.07 bits per heavy atom. The molecule has 41 heavy (non-hydrogen) atoms. The number of alkyl carbamates (subject to hydrolysis) is 1. The van der Waals surface area contributed by atoms with Crippen molar-refractivity contribution >= 4 is 23.6 Å². The number of aryl methyl sites for hydroxylation is 1. The molecule has 0 saturated carbocycles. The van der Waals surface area contributed by atoms with Crippen LogP contribution < -0.4 is 10.6 Å². The molecule has 0 aliphatic rings. The van der Waals surface area contributed by atoms with Gasteiger partial charge in [0.15, 0.2) is 0 Å². The van der Waals surface area contributed by atoms with E-state index in [2.05, 4.69) is 17.6 Å². The second-order valence-corrected chi connectivity index (χ2v) is 11.2. The third-order valence-electron chi connectivity index (χ3n) is 6.64. The number of nitrogens with zero attached hydrogens (tertiary/aromatic N) is 1. The van der Waals surface area contributed by atoms with Crippen LogP contribution in [0.1, 0.15) is 69.7 Å². The molecule has 3 amide bonds. The van der Waals surface area contributed by atoms with Gasteiger partial charge >= 0.3 is 6.09 Å². The standard InChI is InChI=1S/C34H43N3O4/c1-6-7-16-23-37(30(27-20-12-9-13-21-27)31(38)35-28-22-15-14-17-25(28)2)32(39)29(24-26-18-10-8-11-19-26)36-33(40)41-34(3,4)5/h8-15,17-22,29-30H,6-7,16,23-24H2,1-5H3,(H,35,38)(H,36,40). The number of carbonyl (C=O) groups is 3. The van der Waals surface area contributed by atoms with Crippen LogP contribution in [0.15, 0.2) is 84.9 Å². The SMILES string of the molecule is CCCCCN(C(=O)C(Cc1ccccc1)NC(=O)OC(C)(C)C)C(C(=O)Nc1ccccc1C)c1ccccc1. The maximum Gasteiger partial charge on any atom is 0.408 e. The predicted molar refractivity (Wildman–Crippen MR) is 164 cm³/mol. The van der Waals surface area contributed by atoms with Crippen molar-refractivity contribution in [3.05, 3.63) is 102 Å². The number of hydrogen-bond donors (Lipinski definition) is 2. The predicted octanol–water partition coefficient (Wildman–Crippen LogP) is 6.83. The van der Waals surface area contributed by atoms with Crippen LogP contribution in [-0.2, 0) is 20.7 Å². The van der Waals surface area contributed by atoms with Crippen molar-refractivity contribution in [3.8, 4) is 0 Å². The topological polar surface area (TPSA) is 87.7 Å². The quantitative estimate of drug-likeness (QED) is 0.239. The molecule has 0 aromatic heterocycles. The smallest absolute Gasteiger partial charge is 0.408 e. The summed E-state index contributed by atoms with van der Waals surface area (Å²) in [6.07, 6.45) is 2.14. The largest absolute Gasteiger partial charge is 0.444 e. The normalized spacial score (nSPS) is 12.6. The number of benzene rings is 3. The average Bonchev–Trinajstić information content (AvgIpc) is 2.93. The first kappa shape index (κ1) is 31.4.